The van der Waals surface area contributed by atoms with Crippen LogP contribution in [-0.4, -0.2) is 52.4 Å². The molecule has 1 aliphatic carbocycles. The van der Waals surface area contributed by atoms with Crippen molar-refractivity contribution in [3.8, 4) is 0 Å². The van der Waals surface area contributed by atoms with Gasteiger partial charge in [0.2, 0.25) is 0 Å². The van der Waals surface area contributed by atoms with E-state index in [-0.39, 0.29) is 17.2 Å². The van der Waals surface area contributed by atoms with Crippen LogP contribution in [-0.2, 0) is 4.79 Å². The van der Waals surface area contributed by atoms with E-state index in [1.54, 1.807) is 13.0 Å². The van der Waals surface area contributed by atoms with Gasteiger partial charge >= 0.3 is 0 Å². The van der Waals surface area contributed by atoms with E-state index in [0.717, 1.165) is 55.5 Å². The van der Waals surface area contributed by atoms with Crippen molar-refractivity contribution >= 4 is 23.9 Å². The fourth-order valence-electron chi connectivity index (χ4n) is 3.79. The summed E-state index contributed by atoms with van der Waals surface area (Å²) in [4.78, 5) is 13.9. The Bertz CT molecular complexity index is 884. The third-order valence-electron chi connectivity index (χ3n) is 5.86. The summed E-state index contributed by atoms with van der Waals surface area (Å²) in [6, 6.07) is 4.96. The van der Waals surface area contributed by atoms with Gasteiger partial charge in [0.05, 0.1) is 29.8 Å². The van der Waals surface area contributed by atoms with Gasteiger partial charge in [-0.25, -0.2) is 4.39 Å². The van der Waals surface area contributed by atoms with Gasteiger partial charge in [0.15, 0.2) is 0 Å². The van der Waals surface area contributed by atoms with Crippen LogP contribution in [0.15, 0.2) is 40.9 Å². The van der Waals surface area contributed by atoms with E-state index >= 15 is 0 Å². The van der Waals surface area contributed by atoms with Crippen molar-refractivity contribution in [2.75, 3.05) is 25.5 Å². The molecule has 2 fully saturated rings. The molecular formula is C25H38FN3O3S. The number of aldehydes is 1. The van der Waals surface area contributed by atoms with Gasteiger partial charge in [-0.3, -0.25) is 4.79 Å². The molecule has 3 rings (SSSR count). The van der Waals surface area contributed by atoms with Gasteiger partial charge < -0.3 is 25.2 Å². The number of aliphatic hydroxyl groups is 2. The van der Waals surface area contributed by atoms with Crippen molar-refractivity contribution in [1.82, 2.24) is 9.62 Å². The third-order valence-corrected chi connectivity index (χ3v) is 7.17. The monoisotopic (exact) mass is 479 g/mol. The predicted octanol–water partition coefficient (Wildman–Crippen LogP) is 4.50. The largest absolute Gasteiger partial charge is 0.394 e. The highest BCUT2D eigenvalue weighted by Crippen LogP contribution is 2.51. The minimum absolute atomic E-state index is 0.152. The molecule has 2 aliphatic rings. The number of rotatable bonds is 10. The van der Waals surface area contributed by atoms with Crippen LogP contribution in [0.3, 0.4) is 0 Å². The van der Waals surface area contributed by atoms with Crippen molar-refractivity contribution in [3.63, 3.8) is 0 Å². The van der Waals surface area contributed by atoms with Crippen LogP contribution in [0.2, 0.25) is 0 Å². The van der Waals surface area contributed by atoms with Crippen molar-refractivity contribution in [1.29, 1.82) is 0 Å². The zero-order valence-electron chi connectivity index (χ0n) is 20.4. The zero-order valence-corrected chi connectivity index (χ0v) is 21.2. The van der Waals surface area contributed by atoms with E-state index in [9.17, 15) is 19.4 Å². The van der Waals surface area contributed by atoms with Crippen LogP contribution < -0.4 is 10.0 Å². The molecule has 0 amide bonds. The van der Waals surface area contributed by atoms with E-state index in [0.29, 0.717) is 23.4 Å². The van der Waals surface area contributed by atoms with E-state index in [1.807, 2.05) is 33.9 Å². The molecule has 184 valence electrons. The fourth-order valence-corrected chi connectivity index (χ4v) is 4.91. The number of allylic oxidation sites excluding steroid dienone is 2. The first-order valence-corrected chi connectivity index (χ1v) is 12.5. The second kappa shape index (κ2) is 12.4. The normalized spacial score (nSPS) is 19.7. The maximum Gasteiger partial charge on any atom is 0.147 e. The summed E-state index contributed by atoms with van der Waals surface area (Å²) in [5.74, 6) is -0.377. The molecule has 1 unspecified atom stereocenters. The van der Waals surface area contributed by atoms with Gasteiger partial charge in [0.1, 0.15) is 12.1 Å². The lowest BCUT2D eigenvalue weighted by Crippen LogP contribution is -2.26. The van der Waals surface area contributed by atoms with Gasteiger partial charge in [-0.15, -0.1) is 0 Å². The van der Waals surface area contributed by atoms with Crippen LogP contribution in [0.25, 0.3) is 0 Å². The smallest absolute Gasteiger partial charge is 0.147 e. The molecule has 1 aromatic rings. The lowest BCUT2D eigenvalue weighted by molar-refractivity contribution is -0.104. The second-order valence-corrected chi connectivity index (χ2v) is 9.83. The molecule has 8 heteroatoms. The number of benzene rings is 1. The maximum atomic E-state index is 14.6. The van der Waals surface area contributed by atoms with Crippen LogP contribution >= 0.6 is 11.9 Å². The molecule has 1 aromatic carbocycles. The Balaban J connectivity index is 0.00000187. The van der Waals surface area contributed by atoms with Crippen LogP contribution in [0.5, 0.6) is 0 Å². The van der Waals surface area contributed by atoms with Crippen molar-refractivity contribution in [3.05, 3.63) is 52.2 Å². The minimum Gasteiger partial charge on any atom is -0.394 e. The summed E-state index contributed by atoms with van der Waals surface area (Å²) >= 11 is 1.51. The number of aryl methyl sites for hydroxylation is 1. The Kier molecular flexibility index (Phi) is 10.3. The Morgan fingerprint density at radius 1 is 1.36 bits per heavy atom. The maximum absolute atomic E-state index is 14.6. The van der Waals surface area contributed by atoms with Crippen molar-refractivity contribution < 1.29 is 19.4 Å². The lowest BCUT2D eigenvalue weighted by Gasteiger charge is -2.26. The summed E-state index contributed by atoms with van der Waals surface area (Å²) in [5.41, 5.74) is 3.97. The predicted molar refractivity (Wildman–Crippen MR) is 134 cm³/mol. The van der Waals surface area contributed by atoms with Crippen molar-refractivity contribution in [2.24, 2.45) is 0 Å². The molecule has 0 aromatic heterocycles. The average Bonchev–Trinajstić information content (AvgIpc) is 3.44. The number of carbonyl (C=O) groups is 1. The Hall–Kier alpha value is -2.03. The third kappa shape index (κ3) is 7.22. The summed E-state index contributed by atoms with van der Waals surface area (Å²) in [6.07, 6.45) is 4.23. The molecule has 6 nitrogen and oxygen atoms in total. The Morgan fingerprint density at radius 3 is 2.58 bits per heavy atom. The number of anilines is 1. The molecule has 0 bridgehead atoms. The van der Waals surface area contributed by atoms with Gasteiger partial charge in [0, 0.05) is 29.6 Å². The number of likely N-dealkylation sites (tertiary alicyclic amines) is 1. The Morgan fingerprint density at radius 2 is 2.06 bits per heavy atom. The molecule has 1 saturated heterocycles. The number of halogens is 1. The minimum atomic E-state index is -0.756. The van der Waals surface area contributed by atoms with E-state index in [4.69, 9.17) is 0 Å². The second-order valence-electron chi connectivity index (χ2n) is 8.56. The highest BCUT2D eigenvalue weighted by molar-refractivity contribution is 7.99. The first-order chi connectivity index (χ1) is 15.8. The van der Waals surface area contributed by atoms with E-state index < -0.39 is 6.10 Å². The first-order valence-electron chi connectivity index (χ1n) is 11.7. The van der Waals surface area contributed by atoms with Gasteiger partial charge in [-0.05, 0) is 75.6 Å². The van der Waals surface area contributed by atoms with Gasteiger partial charge in [-0.1, -0.05) is 19.9 Å². The SMILES string of the molecule is C/C(C=O)=C(Nc1ccc(C)cc1F)/C(NSC1(CC(O)CO)CC1)=C1/CCCN1C.CC. The summed E-state index contributed by atoms with van der Waals surface area (Å²) < 4.78 is 17.9. The molecule has 0 radical (unpaired) electrons. The number of hydrogen-bond acceptors (Lipinski definition) is 7. The number of nitrogens with zero attached hydrogens (tertiary/aromatic N) is 1. The lowest BCUT2D eigenvalue weighted by atomic mass is 10.1. The fraction of sp³-hybridized carbons (Fsp3) is 0.560. The van der Waals surface area contributed by atoms with Crippen LogP contribution in [0.1, 0.15) is 58.4 Å². The van der Waals surface area contributed by atoms with Crippen LogP contribution in [0.4, 0.5) is 10.1 Å². The summed E-state index contributed by atoms with van der Waals surface area (Å²) in [5, 5.41) is 22.3. The number of carbonyl (C=O) groups excluding carboxylic acids is 1. The molecule has 33 heavy (non-hydrogen) atoms. The van der Waals surface area contributed by atoms with Crippen molar-refractivity contribution in [2.45, 2.75) is 70.7 Å². The molecule has 4 N–H and O–H groups in total. The average molecular weight is 480 g/mol. The molecule has 1 aliphatic heterocycles. The molecule has 1 saturated carbocycles. The number of aliphatic hydroxyl groups excluding tert-OH is 2. The van der Waals surface area contributed by atoms with Gasteiger partial charge in [-0.2, -0.15) is 0 Å². The Labute approximate surface area is 201 Å². The van der Waals surface area contributed by atoms with Gasteiger partial charge in [0.25, 0.3) is 0 Å². The molecule has 0 spiro atoms. The molecule has 1 heterocycles. The zero-order chi connectivity index (χ0) is 24.6. The summed E-state index contributed by atoms with van der Waals surface area (Å²) in [6.45, 7) is 8.19. The quantitative estimate of drug-likeness (QED) is 0.223. The standard InChI is InChI=1S/C23H32FN3O3S.C2H6/c1-15-6-7-19(18(24)11-15)25-21(16(2)13-28)22(20-5-4-10-27(20)3)26-31-23(8-9-23)12-17(30)14-29;1-2/h6-7,11,13,17,25-26,29-30H,4-5,8-10,12,14H2,1-3H3;1-2H3/b21-16+,22-20+;. The topological polar surface area (TPSA) is 84.8 Å². The first kappa shape index (κ1) is 27.2. The number of nitrogens with one attached hydrogen (secondary N) is 2. The van der Waals surface area contributed by atoms with E-state index in [1.165, 1.54) is 18.0 Å². The highest BCUT2D eigenvalue weighted by atomic mass is 32.2. The molecular weight excluding hydrogens is 441 g/mol. The molecule has 1 atom stereocenters. The highest BCUT2D eigenvalue weighted by Gasteiger charge is 2.45. The van der Waals surface area contributed by atoms with Crippen LogP contribution in [0, 0.1) is 12.7 Å². The summed E-state index contributed by atoms with van der Waals surface area (Å²) in [7, 11) is 2.01. The van der Waals surface area contributed by atoms with E-state index in [2.05, 4.69) is 14.9 Å². The number of hydrogen-bond donors (Lipinski definition) is 4.